The molecule has 1 fully saturated rings. The van der Waals surface area contributed by atoms with Crippen molar-refractivity contribution in [3.05, 3.63) is 18.2 Å². The first-order chi connectivity index (χ1) is 12.1. The lowest BCUT2D eigenvalue weighted by Crippen LogP contribution is -2.44. The van der Waals surface area contributed by atoms with Crippen LogP contribution in [0.15, 0.2) is 18.2 Å². The van der Waals surface area contributed by atoms with E-state index in [0.29, 0.717) is 24.6 Å². The number of carbonyl (C=O) groups is 2. The Bertz CT molecular complexity index is 638. The summed E-state index contributed by atoms with van der Waals surface area (Å²) in [6, 6.07) is 5.51. The largest absolute Gasteiger partial charge is 0.479 e. The third-order valence-electron chi connectivity index (χ3n) is 5.27. The molecule has 1 heterocycles. The van der Waals surface area contributed by atoms with Gasteiger partial charge in [0, 0.05) is 24.7 Å². The highest BCUT2D eigenvalue weighted by Gasteiger charge is 2.30. The fraction of sp³-hybridized carbons (Fsp3) is 0.600. The van der Waals surface area contributed by atoms with Gasteiger partial charge in [-0.25, -0.2) is 0 Å². The third-order valence-corrected chi connectivity index (χ3v) is 5.27. The quantitative estimate of drug-likeness (QED) is 0.874. The summed E-state index contributed by atoms with van der Waals surface area (Å²) >= 11 is 0. The summed E-state index contributed by atoms with van der Waals surface area (Å²) in [5, 5.41) is 2.97. The highest BCUT2D eigenvalue weighted by atomic mass is 16.5. The maximum Gasteiger partial charge on any atom is 0.267 e. The Hall–Kier alpha value is -2.04. The van der Waals surface area contributed by atoms with Crippen LogP contribution in [0.5, 0.6) is 5.75 Å². The predicted molar refractivity (Wildman–Crippen MR) is 99.0 cm³/mol. The molecule has 1 saturated carbocycles. The fourth-order valence-electron chi connectivity index (χ4n) is 3.85. The lowest BCUT2D eigenvalue weighted by atomic mass is 9.86. The van der Waals surface area contributed by atoms with Gasteiger partial charge in [0.05, 0.1) is 5.69 Å². The standard InChI is InChI=1S/C20H28N2O3/c1-3-22-17-11-10-16(13-18(17)25-14(2)20(22)24)21-19(23)12-9-15-7-5-4-6-8-15/h10-11,13-15H,3-9,12H2,1-2H3,(H,21,23). The summed E-state index contributed by atoms with van der Waals surface area (Å²) in [5.41, 5.74) is 1.50. The van der Waals surface area contributed by atoms with Gasteiger partial charge < -0.3 is 15.0 Å². The number of benzene rings is 1. The molecule has 0 saturated heterocycles. The Balaban J connectivity index is 1.61. The Kier molecular flexibility index (Phi) is 5.61. The summed E-state index contributed by atoms with van der Waals surface area (Å²) in [7, 11) is 0. The van der Waals surface area contributed by atoms with Gasteiger partial charge in [-0.05, 0) is 38.3 Å². The molecule has 1 N–H and O–H groups in total. The van der Waals surface area contributed by atoms with Crippen LogP contribution in [-0.4, -0.2) is 24.5 Å². The number of ether oxygens (including phenoxy) is 1. The first kappa shape index (κ1) is 17.8. The van der Waals surface area contributed by atoms with E-state index in [-0.39, 0.29) is 11.8 Å². The third kappa shape index (κ3) is 4.14. The maximum absolute atomic E-state index is 12.2. The Morgan fingerprint density at radius 2 is 2.04 bits per heavy atom. The highest BCUT2D eigenvalue weighted by Crippen LogP contribution is 2.36. The molecule has 1 aromatic carbocycles. The zero-order valence-electron chi connectivity index (χ0n) is 15.2. The second kappa shape index (κ2) is 7.89. The molecule has 1 atom stereocenters. The van der Waals surface area contributed by atoms with Gasteiger partial charge in [-0.2, -0.15) is 0 Å². The number of likely N-dealkylation sites (N-methyl/N-ethyl adjacent to an activating group) is 1. The van der Waals surface area contributed by atoms with Crippen molar-refractivity contribution in [3.8, 4) is 5.75 Å². The molecular weight excluding hydrogens is 316 g/mol. The monoisotopic (exact) mass is 344 g/mol. The van der Waals surface area contributed by atoms with E-state index in [1.807, 2.05) is 25.1 Å². The van der Waals surface area contributed by atoms with Gasteiger partial charge in [0.25, 0.3) is 5.91 Å². The lowest BCUT2D eigenvalue weighted by Gasteiger charge is -2.32. The topological polar surface area (TPSA) is 58.6 Å². The van der Waals surface area contributed by atoms with Gasteiger partial charge >= 0.3 is 0 Å². The highest BCUT2D eigenvalue weighted by molar-refractivity contribution is 6.00. The van der Waals surface area contributed by atoms with Crippen molar-refractivity contribution in [1.82, 2.24) is 0 Å². The second-order valence-electron chi connectivity index (χ2n) is 7.12. The lowest BCUT2D eigenvalue weighted by molar-refractivity contribution is -0.125. The molecular formula is C20H28N2O3. The number of carbonyl (C=O) groups excluding carboxylic acids is 2. The normalized spacial score (nSPS) is 20.8. The van der Waals surface area contributed by atoms with Gasteiger partial charge in [0.2, 0.25) is 5.91 Å². The van der Waals surface area contributed by atoms with Crippen molar-refractivity contribution in [1.29, 1.82) is 0 Å². The zero-order chi connectivity index (χ0) is 17.8. The van der Waals surface area contributed by atoms with Gasteiger partial charge in [0.1, 0.15) is 5.75 Å². The van der Waals surface area contributed by atoms with Crippen LogP contribution in [-0.2, 0) is 9.59 Å². The number of amides is 2. The van der Waals surface area contributed by atoms with Crippen molar-refractivity contribution in [3.63, 3.8) is 0 Å². The summed E-state index contributed by atoms with van der Waals surface area (Å²) in [6.45, 7) is 4.30. The van der Waals surface area contributed by atoms with Crippen molar-refractivity contribution in [2.45, 2.75) is 64.9 Å². The van der Waals surface area contributed by atoms with Crippen LogP contribution in [0.1, 0.15) is 58.8 Å². The Labute approximate surface area is 149 Å². The SMILES string of the molecule is CCN1C(=O)C(C)Oc2cc(NC(=O)CCC3CCCCC3)ccc21. The molecule has 25 heavy (non-hydrogen) atoms. The molecule has 5 heteroatoms. The number of anilines is 2. The van der Waals surface area contributed by atoms with E-state index in [1.165, 1.54) is 32.1 Å². The molecule has 0 aromatic heterocycles. The smallest absolute Gasteiger partial charge is 0.267 e. The van der Waals surface area contributed by atoms with E-state index >= 15 is 0 Å². The van der Waals surface area contributed by atoms with Crippen LogP contribution < -0.4 is 15.0 Å². The van der Waals surface area contributed by atoms with Gasteiger partial charge in [-0.15, -0.1) is 0 Å². The van der Waals surface area contributed by atoms with Crippen molar-refractivity contribution >= 4 is 23.2 Å². The average molecular weight is 344 g/mol. The van der Waals surface area contributed by atoms with E-state index < -0.39 is 6.10 Å². The molecule has 2 amide bonds. The van der Waals surface area contributed by atoms with Crippen LogP contribution in [0, 0.1) is 5.92 Å². The number of hydrogen-bond acceptors (Lipinski definition) is 3. The van der Waals surface area contributed by atoms with E-state index in [4.69, 9.17) is 4.74 Å². The molecule has 0 bridgehead atoms. The number of fused-ring (bicyclic) bond motifs is 1. The molecule has 5 nitrogen and oxygen atoms in total. The number of nitrogens with one attached hydrogen (secondary N) is 1. The van der Waals surface area contributed by atoms with Crippen molar-refractivity contribution < 1.29 is 14.3 Å². The first-order valence-electron chi connectivity index (χ1n) is 9.50. The Morgan fingerprint density at radius 3 is 2.76 bits per heavy atom. The molecule has 1 aromatic rings. The number of nitrogens with zero attached hydrogens (tertiary/aromatic N) is 1. The van der Waals surface area contributed by atoms with Crippen molar-refractivity contribution in [2.75, 3.05) is 16.8 Å². The van der Waals surface area contributed by atoms with E-state index in [9.17, 15) is 9.59 Å². The summed E-state index contributed by atoms with van der Waals surface area (Å²) in [4.78, 5) is 26.1. The van der Waals surface area contributed by atoms with E-state index in [1.54, 1.807) is 11.8 Å². The zero-order valence-corrected chi connectivity index (χ0v) is 15.2. The average Bonchev–Trinajstić information content (AvgIpc) is 2.62. The van der Waals surface area contributed by atoms with Gasteiger partial charge in [-0.3, -0.25) is 9.59 Å². The minimum atomic E-state index is -0.496. The molecule has 1 aliphatic carbocycles. The van der Waals surface area contributed by atoms with Gasteiger partial charge in [-0.1, -0.05) is 32.1 Å². The predicted octanol–water partition coefficient (Wildman–Crippen LogP) is 4.12. The maximum atomic E-state index is 12.2. The number of hydrogen-bond donors (Lipinski definition) is 1. The number of rotatable bonds is 5. The first-order valence-corrected chi connectivity index (χ1v) is 9.50. The second-order valence-corrected chi connectivity index (χ2v) is 7.12. The van der Waals surface area contributed by atoms with Crippen molar-refractivity contribution in [2.24, 2.45) is 5.92 Å². The van der Waals surface area contributed by atoms with Crippen LogP contribution in [0.3, 0.4) is 0 Å². The fourth-order valence-corrected chi connectivity index (χ4v) is 3.85. The van der Waals surface area contributed by atoms with Crippen LogP contribution in [0.25, 0.3) is 0 Å². The molecule has 1 unspecified atom stereocenters. The Morgan fingerprint density at radius 1 is 1.28 bits per heavy atom. The summed E-state index contributed by atoms with van der Waals surface area (Å²) in [5.74, 6) is 1.38. The van der Waals surface area contributed by atoms with E-state index in [0.717, 1.165) is 17.8 Å². The minimum absolute atomic E-state index is 0.0285. The summed E-state index contributed by atoms with van der Waals surface area (Å²) in [6.07, 6.45) is 7.52. The molecule has 136 valence electrons. The van der Waals surface area contributed by atoms with Crippen LogP contribution in [0.4, 0.5) is 11.4 Å². The van der Waals surface area contributed by atoms with Gasteiger partial charge in [0.15, 0.2) is 6.10 Å². The summed E-state index contributed by atoms with van der Waals surface area (Å²) < 4.78 is 5.71. The molecule has 0 spiro atoms. The molecule has 1 aliphatic heterocycles. The molecule has 2 aliphatic rings. The molecule has 3 rings (SSSR count). The van der Waals surface area contributed by atoms with E-state index in [2.05, 4.69) is 5.32 Å². The minimum Gasteiger partial charge on any atom is -0.479 e. The van der Waals surface area contributed by atoms with Crippen LogP contribution >= 0.6 is 0 Å². The van der Waals surface area contributed by atoms with Crippen LogP contribution in [0.2, 0.25) is 0 Å². The molecule has 0 radical (unpaired) electrons.